The van der Waals surface area contributed by atoms with Gasteiger partial charge in [0.2, 0.25) is 0 Å². The number of alkyl halides is 2. The van der Waals surface area contributed by atoms with E-state index in [-0.39, 0.29) is 10.5 Å². The number of aliphatic imine (C=N–C) groups is 1. The van der Waals surface area contributed by atoms with Crippen LogP contribution >= 0.6 is 0 Å². The molecular formula is C17H27F2N3O2S. The molecule has 0 bridgehead atoms. The first-order valence-electron chi connectivity index (χ1n) is 7.97. The maximum Gasteiger partial charge on any atom is 0.387 e. The van der Waals surface area contributed by atoms with Gasteiger partial charge in [0.05, 0.1) is 0 Å². The van der Waals surface area contributed by atoms with Gasteiger partial charge in [-0.15, -0.1) is 0 Å². The van der Waals surface area contributed by atoms with Gasteiger partial charge in [-0.3, -0.25) is 9.20 Å². The van der Waals surface area contributed by atoms with Crippen LogP contribution in [-0.4, -0.2) is 52.8 Å². The third-order valence-electron chi connectivity index (χ3n) is 3.40. The van der Waals surface area contributed by atoms with Gasteiger partial charge in [0.15, 0.2) is 5.96 Å². The van der Waals surface area contributed by atoms with Gasteiger partial charge in [0, 0.05) is 48.5 Å². The Morgan fingerprint density at radius 3 is 2.40 bits per heavy atom. The topological polar surface area (TPSA) is 53.9 Å². The summed E-state index contributed by atoms with van der Waals surface area (Å²) < 4.78 is 40.5. The number of halogens is 2. The Labute approximate surface area is 150 Å². The highest BCUT2D eigenvalue weighted by Crippen LogP contribution is 2.16. The van der Waals surface area contributed by atoms with Crippen molar-refractivity contribution in [3.63, 3.8) is 0 Å². The molecule has 8 heteroatoms. The summed E-state index contributed by atoms with van der Waals surface area (Å²) in [5, 5.41) is 3.19. The van der Waals surface area contributed by atoms with Crippen molar-refractivity contribution in [2.45, 2.75) is 38.7 Å². The van der Waals surface area contributed by atoms with E-state index in [1.165, 1.54) is 12.1 Å². The Hall–Kier alpha value is -1.70. The Balaban J connectivity index is 2.53. The van der Waals surface area contributed by atoms with Crippen LogP contribution in [0.3, 0.4) is 0 Å². The highest BCUT2D eigenvalue weighted by Gasteiger charge is 2.19. The minimum Gasteiger partial charge on any atom is -0.435 e. The van der Waals surface area contributed by atoms with Crippen molar-refractivity contribution in [1.29, 1.82) is 0 Å². The maximum absolute atomic E-state index is 12.2. The van der Waals surface area contributed by atoms with Crippen LogP contribution in [0, 0.1) is 0 Å². The molecule has 0 amide bonds. The van der Waals surface area contributed by atoms with E-state index in [1.54, 1.807) is 19.2 Å². The number of nitrogens with one attached hydrogen (secondary N) is 1. The minimum absolute atomic E-state index is 0.133. The fourth-order valence-electron chi connectivity index (χ4n) is 2.07. The molecule has 5 nitrogen and oxygen atoms in total. The van der Waals surface area contributed by atoms with Crippen molar-refractivity contribution in [3.8, 4) is 5.75 Å². The average Bonchev–Trinajstić information content (AvgIpc) is 2.51. The van der Waals surface area contributed by atoms with Gasteiger partial charge in [-0.05, 0) is 38.5 Å². The molecule has 0 saturated heterocycles. The molecule has 0 aliphatic rings. The lowest BCUT2D eigenvalue weighted by Crippen LogP contribution is -2.41. The third-order valence-corrected chi connectivity index (χ3v) is 5.34. The Bertz CT molecular complexity index is 587. The monoisotopic (exact) mass is 375 g/mol. The van der Waals surface area contributed by atoms with E-state index < -0.39 is 17.4 Å². The number of hydrogen-bond donors (Lipinski definition) is 1. The van der Waals surface area contributed by atoms with Gasteiger partial charge in [0.1, 0.15) is 5.75 Å². The summed E-state index contributed by atoms with van der Waals surface area (Å²) in [6.07, 6.45) is 0. The molecule has 0 aliphatic carbocycles. The van der Waals surface area contributed by atoms with Gasteiger partial charge >= 0.3 is 6.61 Å². The van der Waals surface area contributed by atoms with E-state index >= 15 is 0 Å². The second-order valence-corrected chi connectivity index (χ2v) is 8.84. The SMILES string of the molecule is CN=C(NCCS(=O)C(C)(C)C)N(C)Cc1ccc(OC(F)F)cc1. The van der Waals surface area contributed by atoms with Crippen molar-refractivity contribution in [2.24, 2.45) is 4.99 Å². The molecule has 142 valence electrons. The zero-order chi connectivity index (χ0) is 19.0. The average molecular weight is 375 g/mol. The van der Waals surface area contributed by atoms with Crippen LogP contribution in [0.25, 0.3) is 0 Å². The number of hydrogen-bond acceptors (Lipinski definition) is 3. The highest BCUT2D eigenvalue weighted by atomic mass is 32.2. The first kappa shape index (κ1) is 21.3. The molecule has 0 saturated carbocycles. The summed E-state index contributed by atoms with van der Waals surface area (Å²) >= 11 is 0. The summed E-state index contributed by atoms with van der Waals surface area (Å²) in [5.41, 5.74) is 0.935. The molecule has 1 N–H and O–H groups in total. The fraction of sp³-hybridized carbons (Fsp3) is 0.588. The van der Waals surface area contributed by atoms with Gasteiger partial charge < -0.3 is 15.0 Å². The largest absolute Gasteiger partial charge is 0.435 e. The standard InChI is InChI=1S/C17H27F2N3O2S/c1-17(2,3)25(23)11-10-21-16(20-4)22(5)12-13-6-8-14(9-7-13)24-15(18)19/h6-9,15H,10-12H2,1-5H3,(H,20,21). The highest BCUT2D eigenvalue weighted by molar-refractivity contribution is 7.86. The van der Waals surface area contributed by atoms with Crippen molar-refractivity contribution in [1.82, 2.24) is 10.2 Å². The molecule has 1 rings (SSSR count). The zero-order valence-electron chi connectivity index (χ0n) is 15.4. The molecule has 0 fully saturated rings. The molecule has 0 aromatic heterocycles. The first-order chi connectivity index (χ1) is 11.6. The quantitative estimate of drug-likeness (QED) is 0.588. The summed E-state index contributed by atoms with van der Waals surface area (Å²) in [4.78, 5) is 6.11. The lowest BCUT2D eigenvalue weighted by molar-refractivity contribution is -0.0498. The van der Waals surface area contributed by atoms with E-state index in [0.717, 1.165) is 5.56 Å². The van der Waals surface area contributed by atoms with E-state index in [2.05, 4.69) is 15.0 Å². The zero-order valence-corrected chi connectivity index (χ0v) is 16.2. The molecule has 0 radical (unpaired) electrons. The molecule has 1 aromatic rings. The fourth-order valence-corrected chi connectivity index (χ4v) is 2.97. The van der Waals surface area contributed by atoms with Crippen LogP contribution in [0.15, 0.2) is 29.3 Å². The number of ether oxygens (including phenoxy) is 1. The smallest absolute Gasteiger partial charge is 0.387 e. The summed E-state index contributed by atoms with van der Waals surface area (Å²) in [7, 11) is 2.63. The second kappa shape index (κ2) is 9.70. The van der Waals surface area contributed by atoms with Crippen molar-refractivity contribution < 1.29 is 17.7 Å². The molecule has 0 aliphatic heterocycles. The van der Waals surface area contributed by atoms with E-state index in [1.807, 2.05) is 32.7 Å². The molecule has 1 unspecified atom stereocenters. The molecule has 0 heterocycles. The van der Waals surface area contributed by atoms with Crippen LogP contribution in [-0.2, 0) is 17.3 Å². The van der Waals surface area contributed by atoms with Gasteiger partial charge in [0.25, 0.3) is 0 Å². The van der Waals surface area contributed by atoms with Crippen molar-refractivity contribution in [2.75, 3.05) is 26.4 Å². The number of guanidine groups is 1. The maximum atomic E-state index is 12.2. The van der Waals surface area contributed by atoms with Crippen LogP contribution < -0.4 is 10.1 Å². The van der Waals surface area contributed by atoms with Crippen molar-refractivity contribution >= 4 is 16.8 Å². The molecule has 25 heavy (non-hydrogen) atoms. The normalized spacial score (nSPS) is 13.7. The van der Waals surface area contributed by atoms with E-state index in [0.29, 0.717) is 24.8 Å². The Morgan fingerprint density at radius 1 is 1.32 bits per heavy atom. The summed E-state index contributed by atoms with van der Waals surface area (Å²) in [5.74, 6) is 1.35. The number of benzene rings is 1. The molecule has 0 spiro atoms. The Kier molecular flexibility index (Phi) is 8.28. The minimum atomic E-state index is -2.82. The third kappa shape index (κ3) is 7.81. The van der Waals surface area contributed by atoms with Crippen molar-refractivity contribution in [3.05, 3.63) is 29.8 Å². The number of nitrogens with zero attached hydrogens (tertiary/aromatic N) is 2. The molecule has 1 atom stereocenters. The van der Waals surface area contributed by atoms with Crippen LogP contribution in [0.2, 0.25) is 0 Å². The van der Waals surface area contributed by atoms with Gasteiger partial charge in [-0.2, -0.15) is 8.78 Å². The lowest BCUT2D eigenvalue weighted by Gasteiger charge is -2.23. The van der Waals surface area contributed by atoms with E-state index in [9.17, 15) is 13.0 Å². The van der Waals surface area contributed by atoms with E-state index in [4.69, 9.17) is 0 Å². The molecule has 1 aromatic carbocycles. The van der Waals surface area contributed by atoms with Gasteiger partial charge in [-0.25, -0.2) is 0 Å². The summed E-state index contributed by atoms with van der Waals surface area (Å²) in [6, 6.07) is 6.49. The number of rotatable bonds is 7. The second-order valence-electron chi connectivity index (χ2n) is 6.51. The summed E-state index contributed by atoms with van der Waals surface area (Å²) in [6.45, 7) is 4.14. The predicted octanol–water partition coefficient (Wildman–Crippen LogP) is 2.84. The molecular weight excluding hydrogens is 348 g/mol. The van der Waals surface area contributed by atoms with Crippen LogP contribution in [0.4, 0.5) is 8.78 Å². The Morgan fingerprint density at radius 2 is 1.92 bits per heavy atom. The lowest BCUT2D eigenvalue weighted by atomic mass is 10.2. The van der Waals surface area contributed by atoms with Crippen LogP contribution in [0.1, 0.15) is 26.3 Å². The first-order valence-corrected chi connectivity index (χ1v) is 9.29. The van der Waals surface area contributed by atoms with Crippen LogP contribution in [0.5, 0.6) is 5.75 Å². The van der Waals surface area contributed by atoms with Gasteiger partial charge in [-0.1, -0.05) is 12.1 Å². The predicted molar refractivity (Wildman–Crippen MR) is 98.7 cm³/mol.